The number of amides is 1. The Morgan fingerprint density at radius 1 is 1.23 bits per heavy atom. The van der Waals surface area contributed by atoms with E-state index in [0.717, 1.165) is 31.2 Å². The largest absolute Gasteiger partial charge is 0.378 e. The van der Waals surface area contributed by atoms with Crippen molar-refractivity contribution in [2.75, 3.05) is 26.3 Å². The molecular formula is C18H23NO3. The molecule has 1 aromatic rings. The molecule has 1 atom stereocenters. The highest BCUT2D eigenvalue weighted by Gasteiger charge is 2.27. The van der Waals surface area contributed by atoms with Crippen LogP contribution >= 0.6 is 0 Å². The third-order valence-corrected chi connectivity index (χ3v) is 4.72. The average molecular weight is 301 g/mol. The molecule has 0 bridgehead atoms. The van der Waals surface area contributed by atoms with E-state index in [9.17, 15) is 9.59 Å². The Bertz CT molecular complexity index is 549. The molecule has 0 N–H and O–H groups in total. The second-order valence-corrected chi connectivity index (χ2v) is 6.14. The van der Waals surface area contributed by atoms with Crippen LogP contribution in [0.4, 0.5) is 0 Å². The lowest BCUT2D eigenvalue weighted by Gasteiger charge is -2.27. The lowest BCUT2D eigenvalue weighted by molar-refractivity contribution is -0.135. The topological polar surface area (TPSA) is 46.6 Å². The van der Waals surface area contributed by atoms with Crippen molar-refractivity contribution in [3.8, 4) is 0 Å². The van der Waals surface area contributed by atoms with Crippen LogP contribution in [0.1, 0.15) is 41.6 Å². The first kappa shape index (κ1) is 15.2. The van der Waals surface area contributed by atoms with Crippen molar-refractivity contribution in [1.82, 2.24) is 4.90 Å². The normalized spacial score (nSPS) is 21.5. The maximum absolute atomic E-state index is 12.5. The fourth-order valence-electron chi connectivity index (χ4n) is 3.41. The van der Waals surface area contributed by atoms with Crippen molar-refractivity contribution < 1.29 is 14.3 Å². The number of ether oxygens (including phenoxy) is 1. The van der Waals surface area contributed by atoms with Gasteiger partial charge in [0.1, 0.15) is 0 Å². The first-order chi connectivity index (χ1) is 10.8. The quantitative estimate of drug-likeness (QED) is 0.858. The highest BCUT2D eigenvalue weighted by molar-refractivity contribution is 6.00. The maximum Gasteiger partial charge on any atom is 0.222 e. The zero-order valence-corrected chi connectivity index (χ0v) is 12.9. The van der Waals surface area contributed by atoms with Crippen LogP contribution in [0.2, 0.25) is 0 Å². The van der Waals surface area contributed by atoms with E-state index in [1.165, 1.54) is 5.56 Å². The first-order valence-corrected chi connectivity index (χ1v) is 8.23. The number of hydrogen-bond donors (Lipinski definition) is 0. The molecule has 1 heterocycles. The number of morpholine rings is 1. The van der Waals surface area contributed by atoms with Gasteiger partial charge in [0.05, 0.1) is 13.2 Å². The van der Waals surface area contributed by atoms with Crippen molar-refractivity contribution in [2.24, 2.45) is 5.92 Å². The molecular weight excluding hydrogens is 278 g/mol. The molecule has 0 spiro atoms. The van der Waals surface area contributed by atoms with Crippen LogP contribution in [0.15, 0.2) is 24.3 Å². The molecule has 0 radical (unpaired) electrons. The number of rotatable bonds is 4. The summed E-state index contributed by atoms with van der Waals surface area (Å²) in [7, 11) is 0. The van der Waals surface area contributed by atoms with E-state index >= 15 is 0 Å². The van der Waals surface area contributed by atoms with Gasteiger partial charge in [0, 0.05) is 31.0 Å². The Kier molecular flexibility index (Phi) is 4.88. The SMILES string of the molecule is O=C1c2ccccc2CCC1CCCC(=O)N1CCOCC1. The molecule has 4 heteroatoms. The lowest BCUT2D eigenvalue weighted by atomic mass is 9.80. The van der Waals surface area contributed by atoms with E-state index in [4.69, 9.17) is 4.74 Å². The molecule has 1 saturated heterocycles. The smallest absolute Gasteiger partial charge is 0.222 e. The fourth-order valence-corrected chi connectivity index (χ4v) is 3.41. The van der Waals surface area contributed by atoms with Gasteiger partial charge in [-0.1, -0.05) is 24.3 Å². The monoisotopic (exact) mass is 301 g/mol. The zero-order chi connectivity index (χ0) is 15.4. The summed E-state index contributed by atoms with van der Waals surface area (Å²) >= 11 is 0. The highest BCUT2D eigenvalue weighted by Crippen LogP contribution is 2.28. The van der Waals surface area contributed by atoms with Gasteiger partial charge in [0.15, 0.2) is 5.78 Å². The summed E-state index contributed by atoms with van der Waals surface area (Å²) < 4.78 is 5.26. The Morgan fingerprint density at radius 3 is 2.82 bits per heavy atom. The number of fused-ring (bicyclic) bond motifs is 1. The predicted octanol–water partition coefficient (Wildman–Crippen LogP) is 2.46. The van der Waals surface area contributed by atoms with Crippen LogP contribution < -0.4 is 0 Å². The molecule has 22 heavy (non-hydrogen) atoms. The summed E-state index contributed by atoms with van der Waals surface area (Å²) in [4.78, 5) is 26.5. The van der Waals surface area contributed by atoms with E-state index < -0.39 is 0 Å². The van der Waals surface area contributed by atoms with Gasteiger partial charge < -0.3 is 9.64 Å². The number of aryl methyl sites for hydroxylation is 1. The van der Waals surface area contributed by atoms with Gasteiger partial charge in [-0.3, -0.25) is 9.59 Å². The summed E-state index contributed by atoms with van der Waals surface area (Å²) in [6.07, 6.45) is 4.06. The van der Waals surface area contributed by atoms with E-state index in [1.54, 1.807) is 0 Å². The molecule has 1 amide bonds. The van der Waals surface area contributed by atoms with Crippen LogP contribution in [0.25, 0.3) is 0 Å². The van der Waals surface area contributed by atoms with E-state index in [-0.39, 0.29) is 17.6 Å². The second kappa shape index (κ2) is 7.05. The lowest BCUT2D eigenvalue weighted by Crippen LogP contribution is -2.40. The van der Waals surface area contributed by atoms with Crippen LogP contribution in [0.3, 0.4) is 0 Å². The Balaban J connectivity index is 1.48. The predicted molar refractivity (Wildman–Crippen MR) is 83.8 cm³/mol. The Morgan fingerprint density at radius 2 is 2.00 bits per heavy atom. The van der Waals surface area contributed by atoms with Gasteiger partial charge in [-0.05, 0) is 31.2 Å². The number of Topliss-reactive ketones (excluding diaryl/α,β-unsaturated/α-hetero) is 1. The molecule has 0 saturated carbocycles. The van der Waals surface area contributed by atoms with E-state index in [0.29, 0.717) is 32.7 Å². The summed E-state index contributed by atoms with van der Waals surface area (Å²) in [5.41, 5.74) is 2.06. The van der Waals surface area contributed by atoms with Crippen LogP contribution in [0, 0.1) is 5.92 Å². The molecule has 1 aliphatic carbocycles. The Hall–Kier alpha value is -1.68. The standard InChI is InChI=1S/C18H23NO3/c20-17(19-10-12-22-13-11-19)7-3-5-15-9-8-14-4-1-2-6-16(14)18(15)21/h1-2,4,6,15H,3,5,7-13H2. The molecule has 4 nitrogen and oxygen atoms in total. The van der Waals surface area contributed by atoms with Gasteiger partial charge in [-0.15, -0.1) is 0 Å². The number of carbonyl (C=O) groups excluding carboxylic acids is 2. The van der Waals surface area contributed by atoms with Gasteiger partial charge in [0.2, 0.25) is 5.91 Å². The number of hydrogen-bond acceptors (Lipinski definition) is 3. The minimum absolute atomic E-state index is 0.0902. The summed E-state index contributed by atoms with van der Waals surface area (Å²) in [5, 5.41) is 0. The number of benzene rings is 1. The molecule has 118 valence electrons. The second-order valence-electron chi connectivity index (χ2n) is 6.14. The molecule has 1 unspecified atom stereocenters. The molecule has 2 aliphatic rings. The van der Waals surface area contributed by atoms with Crippen LogP contribution in [-0.4, -0.2) is 42.9 Å². The molecule has 1 fully saturated rings. The molecule has 0 aromatic heterocycles. The fraction of sp³-hybridized carbons (Fsp3) is 0.556. The van der Waals surface area contributed by atoms with Crippen molar-refractivity contribution in [3.05, 3.63) is 35.4 Å². The van der Waals surface area contributed by atoms with Gasteiger partial charge in [-0.25, -0.2) is 0 Å². The number of nitrogens with zero attached hydrogens (tertiary/aromatic N) is 1. The van der Waals surface area contributed by atoms with Crippen LogP contribution in [0.5, 0.6) is 0 Å². The van der Waals surface area contributed by atoms with Gasteiger partial charge in [0.25, 0.3) is 0 Å². The third-order valence-electron chi connectivity index (χ3n) is 4.72. The van der Waals surface area contributed by atoms with Crippen LogP contribution in [-0.2, 0) is 16.0 Å². The van der Waals surface area contributed by atoms with Gasteiger partial charge >= 0.3 is 0 Å². The zero-order valence-electron chi connectivity index (χ0n) is 12.9. The average Bonchev–Trinajstić information content (AvgIpc) is 2.58. The number of ketones is 1. The van der Waals surface area contributed by atoms with E-state index in [2.05, 4.69) is 0 Å². The van der Waals surface area contributed by atoms with E-state index in [1.807, 2.05) is 29.2 Å². The minimum atomic E-state index is 0.0902. The third kappa shape index (κ3) is 3.38. The molecule has 3 rings (SSSR count). The molecule has 1 aliphatic heterocycles. The maximum atomic E-state index is 12.5. The highest BCUT2D eigenvalue weighted by atomic mass is 16.5. The molecule has 1 aromatic carbocycles. The van der Waals surface area contributed by atoms with Crippen molar-refractivity contribution in [1.29, 1.82) is 0 Å². The van der Waals surface area contributed by atoms with Crippen molar-refractivity contribution in [2.45, 2.75) is 32.1 Å². The minimum Gasteiger partial charge on any atom is -0.378 e. The summed E-state index contributed by atoms with van der Waals surface area (Å²) in [6.45, 7) is 2.69. The summed E-state index contributed by atoms with van der Waals surface area (Å²) in [5.74, 6) is 0.556. The summed E-state index contributed by atoms with van der Waals surface area (Å²) in [6, 6.07) is 7.91. The number of carbonyl (C=O) groups is 2. The van der Waals surface area contributed by atoms with Crippen molar-refractivity contribution >= 4 is 11.7 Å². The van der Waals surface area contributed by atoms with Crippen molar-refractivity contribution in [3.63, 3.8) is 0 Å². The van der Waals surface area contributed by atoms with Gasteiger partial charge in [-0.2, -0.15) is 0 Å². The first-order valence-electron chi connectivity index (χ1n) is 8.23. The Labute approximate surface area is 131 Å².